The largest absolute Gasteiger partial charge is 0.356 e. The van der Waals surface area contributed by atoms with E-state index in [1.54, 1.807) is 0 Å². The number of hydrogen-bond acceptors (Lipinski definition) is 4. The first kappa shape index (κ1) is 13.2. The van der Waals surface area contributed by atoms with Gasteiger partial charge >= 0.3 is 0 Å². The number of aromatic nitrogens is 2. The number of anilines is 3. The topological polar surface area (TPSA) is 41.1 Å². The van der Waals surface area contributed by atoms with Gasteiger partial charge in [-0.3, -0.25) is 0 Å². The summed E-state index contributed by atoms with van der Waals surface area (Å²) in [5, 5.41) is 3.91. The lowest BCUT2D eigenvalue weighted by Crippen LogP contribution is -2.19. The smallest absolute Gasteiger partial charge is 0.229 e. The molecule has 1 N–H and O–H groups in total. The Bertz CT molecular complexity index is 609. The predicted molar refractivity (Wildman–Crippen MR) is 83.0 cm³/mol. The lowest BCUT2D eigenvalue weighted by Gasteiger charge is -2.17. The summed E-state index contributed by atoms with van der Waals surface area (Å²) in [6, 6.07) is 9.60. The summed E-state index contributed by atoms with van der Waals surface area (Å²) in [5.41, 5.74) is 1.86. The maximum atomic E-state index is 5.99. The van der Waals surface area contributed by atoms with E-state index in [0.717, 1.165) is 30.3 Å². The van der Waals surface area contributed by atoms with Gasteiger partial charge in [-0.1, -0.05) is 17.7 Å². The van der Waals surface area contributed by atoms with Crippen LogP contribution in [0.15, 0.2) is 30.3 Å². The first-order chi connectivity index (χ1) is 9.70. The fourth-order valence-corrected chi connectivity index (χ4v) is 2.60. The minimum atomic E-state index is 0.620. The highest BCUT2D eigenvalue weighted by atomic mass is 35.5. The second-order valence-corrected chi connectivity index (χ2v) is 5.46. The number of nitrogens with zero attached hydrogens (tertiary/aromatic N) is 3. The molecule has 0 radical (unpaired) electrons. The van der Waals surface area contributed by atoms with Gasteiger partial charge in [0.15, 0.2) is 0 Å². The zero-order chi connectivity index (χ0) is 13.9. The molecule has 1 saturated heterocycles. The van der Waals surface area contributed by atoms with Crippen LogP contribution in [0, 0.1) is 6.92 Å². The summed E-state index contributed by atoms with van der Waals surface area (Å²) in [7, 11) is 0. The number of halogens is 1. The van der Waals surface area contributed by atoms with Crippen LogP contribution in [0.25, 0.3) is 0 Å². The molecule has 0 saturated carbocycles. The van der Waals surface area contributed by atoms with E-state index < -0.39 is 0 Å². The Morgan fingerprint density at radius 1 is 1.15 bits per heavy atom. The third kappa shape index (κ3) is 3.02. The van der Waals surface area contributed by atoms with Crippen LogP contribution < -0.4 is 10.2 Å². The Balaban J connectivity index is 1.85. The Morgan fingerprint density at radius 3 is 2.70 bits per heavy atom. The first-order valence-electron chi connectivity index (χ1n) is 6.84. The van der Waals surface area contributed by atoms with Gasteiger partial charge in [-0.15, -0.1) is 0 Å². The Labute approximate surface area is 123 Å². The maximum Gasteiger partial charge on any atom is 0.229 e. The van der Waals surface area contributed by atoms with Crippen LogP contribution in [-0.2, 0) is 0 Å². The molecule has 0 aliphatic carbocycles. The van der Waals surface area contributed by atoms with Gasteiger partial charge < -0.3 is 10.2 Å². The summed E-state index contributed by atoms with van der Waals surface area (Å²) >= 11 is 5.99. The van der Waals surface area contributed by atoms with Crippen LogP contribution in [0.3, 0.4) is 0 Å². The van der Waals surface area contributed by atoms with Crippen molar-refractivity contribution in [3.8, 4) is 0 Å². The van der Waals surface area contributed by atoms with Gasteiger partial charge in [0.05, 0.1) is 0 Å². The fraction of sp³-hybridized carbons (Fsp3) is 0.333. The number of benzene rings is 1. The van der Waals surface area contributed by atoms with E-state index in [4.69, 9.17) is 11.6 Å². The van der Waals surface area contributed by atoms with Crippen molar-refractivity contribution in [1.29, 1.82) is 0 Å². The van der Waals surface area contributed by atoms with Gasteiger partial charge in [0, 0.05) is 35.6 Å². The lowest BCUT2D eigenvalue weighted by atomic mass is 10.3. The van der Waals surface area contributed by atoms with Crippen LogP contribution in [0.1, 0.15) is 18.5 Å². The quantitative estimate of drug-likeness (QED) is 0.933. The van der Waals surface area contributed by atoms with Crippen molar-refractivity contribution in [2.45, 2.75) is 19.8 Å². The highest BCUT2D eigenvalue weighted by molar-refractivity contribution is 6.30. The first-order valence-corrected chi connectivity index (χ1v) is 7.22. The molecule has 0 unspecified atom stereocenters. The summed E-state index contributed by atoms with van der Waals surface area (Å²) in [5.74, 6) is 1.62. The molecule has 2 aromatic rings. The predicted octanol–water partition coefficient (Wildman–Crippen LogP) is 3.78. The van der Waals surface area contributed by atoms with Crippen LogP contribution >= 0.6 is 11.6 Å². The van der Waals surface area contributed by atoms with Crippen molar-refractivity contribution in [1.82, 2.24) is 9.97 Å². The second kappa shape index (κ2) is 5.67. The Hall–Kier alpha value is -1.81. The highest BCUT2D eigenvalue weighted by Gasteiger charge is 2.15. The molecule has 0 bridgehead atoms. The Kier molecular flexibility index (Phi) is 3.74. The molecule has 0 amide bonds. The molecule has 1 aromatic carbocycles. The maximum absolute atomic E-state index is 5.99. The molecule has 3 rings (SSSR count). The van der Waals surface area contributed by atoms with Gasteiger partial charge in [0.2, 0.25) is 5.95 Å². The summed E-state index contributed by atoms with van der Waals surface area (Å²) < 4.78 is 0. The van der Waals surface area contributed by atoms with E-state index in [1.807, 2.05) is 37.3 Å². The van der Waals surface area contributed by atoms with E-state index in [2.05, 4.69) is 20.2 Å². The van der Waals surface area contributed by atoms with Crippen molar-refractivity contribution >= 4 is 29.1 Å². The van der Waals surface area contributed by atoms with E-state index in [1.165, 1.54) is 12.8 Å². The van der Waals surface area contributed by atoms with E-state index in [0.29, 0.717) is 11.0 Å². The lowest BCUT2D eigenvalue weighted by molar-refractivity contribution is 0.923. The molecule has 0 atom stereocenters. The fourth-order valence-electron chi connectivity index (χ4n) is 2.41. The molecule has 0 spiro atoms. The molecule has 2 heterocycles. The van der Waals surface area contributed by atoms with Gasteiger partial charge in [0.25, 0.3) is 0 Å². The van der Waals surface area contributed by atoms with Crippen LogP contribution in [-0.4, -0.2) is 23.1 Å². The average Bonchev–Trinajstić information content (AvgIpc) is 2.91. The molecule has 1 fully saturated rings. The number of rotatable bonds is 3. The van der Waals surface area contributed by atoms with Gasteiger partial charge in [-0.25, -0.2) is 4.98 Å². The van der Waals surface area contributed by atoms with Gasteiger partial charge in [-0.05, 0) is 38.0 Å². The van der Waals surface area contributed by atoms with Gasteiger partial charge in [0.1, 0.15) is 5.82 Å². The zero-order valence-corrected chi connectivity index (χ0v) is 12.2. The van der Waals surface area contributed by atoms with E-state index in [-0.39, 0.29) is 0 Å². The zero-order valence-electron chi connectivity index (χ0n) is 11.4. The minimum absolute atomic E-state index is 0.620. The standard InChI is InChI=1S/C15H17ClN4/c1-11-9-14(20-7-2-3-8-20)19-15(17-11)18-13-6-4-5-12(16)10-13/h4-6,9-10H,2-3,7-8H2,1H3,(H,17,18,19). The minimum Gasteiger partial charge on any atom is -0.356 e. The van der Waals surface area contributed by atoms with Crippen molar-refractivity contribution < 1.29 is 0 Å². The normalized spacial score (nSPS) is 14.6. The second-order valence-electron chi connectivity index (χ2n) is 5.02. The molecule has 20 heavy (non-hydrogen) atoms. The Morgan fingerprint density at radius 2 is 1.95 bits per heavy atom. The number of aryl methyl sites for hydroxylation is 1. The third-order valence-corrected chi connectivity index (χ3v) is 3.59. The van der Waals surface area contributed by atoms with Crippen molar-refractivity contribution in [2.75, 3.05) is 23.3 Å². The van der Waals surface area contributed by atoms with Gasteiger partial charge in [-0.2, -0.15) is 4.98 Å². The number of nitrogens with one attached hydrogen (secondary N) is 1. The van der Waals surface area contributed by atoms with Crippen molar-refractivity contribution in [3.63, 3.8) is 0 Å². The van der Waals surface area contributed by atoms with E-state index >= 15 is 0 Å². The molecule has 5 heteroatoms. The molecule has 4 nitrogen and oxygen atoms in total. The molecular weight excluding hydrogens is 272 g/mol. The summed E-state index contributed by atoms with van der Waals surface area (Å²) in [6.45, 7) is 4.14. The van der Waals surface area contributed by atoms with Crippen LogP contribution in [0.2, 0.25) is 5.02 Å². The van der Waals surface area contributed by atoms with E-state index in [9.17, 15) is 0 Å². The molecule has 1 aromatic heterocycles. The number of hydrogen-bond donors (Lipinski definition) is 1. The summed E-state index contributed by atoms with van der Waals surface area (Å²) in [4.78, 5) is 11.3. The van der Waals surface area contributed by atoms with Crippen LogP contribution in [0.4, 0.5) is 17.5 Å². The summed E-state index contributed by atoms with van der Waals surface area (Å²) in [6.07, 6.45) is 2.47. The molecular formula is C15H17ClN4. The third-order valence-electron chi connectivity index (χ3n) is 3.35. The van der Waals surface area contributed by atoms with Crippen molar-refractivity contribution in [2.24, 2.45) is 0 Å². The molecule has 1 aliphatic heterocycles. The van der Waals surface area contributed by atoms with Crippen LogP contribution in [0.5, 0.6) is 0 Å². The molecule has 104 valence electrons. The average molecular weight is 289 g/mol. The molecule has 1 aliphatic rings. The monoisotopic (exact) mass is 288 g/mol. The highest BCUT2D eigenvalue weighted by Crippen LogP contribution is 2.22. The SMILES string of the molecule is Cc1cc(N2CCCC2)nc(Nc2cccc(Cl)c2)n1. The van der Waals surface area contributed by atoms with Crippen molar-refractivity contribution in [3.05, 3.63) is 41.0 Å².